The average Bonchev–Trinajstić information content (AvgIpc) is 3.53. The quantitative estimate of drug-likeness (QED) is 0.110. The molecule has 1 aliphatic heterocycles. The molecule has 248 valence electrons. The number of aliphatic hydroxyl groups is 1. The van der Waals surface area contributed by atoms with Crippen molar-refractivity contribution < 1.29 is 29.3 Å². The van der Waals surface area contributed by atoms with E-state index in [1.807, 2.05) is 79.1 Å². The lowest BCUT2D eigenvalue weighted by atomic mass is 9.98. The molecule has 3 N–H and O–H groups in total. The van der Waals surface area contributed by atoms with Crippen LogP contribution in [0.2, 0.25) is 0 Å². The van der Waals surface area contributed by atoms with Crippen LogP contribution in [0.25, 0.3) is 22.2 Å². The number of amides is 1. The number of rotatable bonds is 14. The van der Waals surface area contributed by atoms with Gasteiger partial charge in [-0.1, -0.05) is 79.2 Å². The number of carboxylic acids is 1. The van der Waals surface area contributed by atoms with Gasteiger partial charge < -0.3 is 29.6 Å². The lowest BCUT2D eigenvalue weighted by Crippen LogP contribution is -2.32. The van der Waals surface area contributed by atoms with Crippen LogP contribution in [-0.2, 0) is 38.8 Å². The molecule has 1 amide bonds. The molecule has 2 heterocycles. The van der Waals surface area contributed by atoms with E-state index in [0.29, 0.717) is 38.8 Å². The highest BCUT2D eigenvalue weighted by Crippen LogP contribution is 2.39. The number of carboxylic acid groups (broad SMARTS) is 1. The van der Waals surface area contributed by atoms with Crippen LogP contribution >= 0.6 is 0 Å². The molecule has 48 heavy (non-hydrogen) atoms. The van der Waals surface area contributed by atoms with E-state index in [-0.39, 0.29) is 31.1 Å². The molecule has 5 aromatic rings. The van der Waals surface area contributed by atoms with E-state index in [0.717, 1.165) is 50.8 Å². The Morgan fingerprint density at radius 2 is 1.58 bits per heavy atom. The van der Waals surface area contributed by atoms with Gasteiger partial charge in [-0.2, -0.15) is 0 Å². The molecular formula is C39H41N3O6. The molecule has 0 unspecified atom stereocenters. The van der Waals surface area contributed by atoms with E-state index in [4.69, 9.17) is 14.6 Å². The van der Waals surface area contributed by atoms with Gasteiger partial charge in [0, 0.05) is 31.4 Å². The number of hydrogen-bond donors (Lipinski definition) is 3. The van der Waals surface area contributed by atoms with Crippen LogP contribution in [0, 0.1) is 0 Å². The molecule has 9 heteroatoms. The summed E-state index contributed by atoms with van der Waals surface area (Å²) in [7, 11) is 0. The molecule has 1 saturated heterocycles. The summed E-state index contributed by atoms with van der Waals surface area (Å²) in [5.74, 6) is -0.843. The maximum atomic E-state index is 12.4. The second-order valence-electron chi connectivity index (χ2n) is 12.3. The fourth-order valence-corrected chi connectivity index (χ4v) is 6.16. The maximum absolute atomic E-state index is 12.4. The third-order valence-electron chi connectivity index (χ3n) is 8.75. The zero-order valence-electron chi connectivity index (χ0n) is 26.8. The van der Waals surface area contributed by atoms with Gasteiger partial charge in [-0.25, -0.2) is 4.98 Å². The lowest BCUT2D eigenvalue weighted by molar-refractivity contribution is -0.252. The molecule has 9 nitrogen and oxygen atoms in total. The number of fused-ring (bicyclic) bond motifs is 1. The van der Waals surface area contributed by atoms with E-state index >= 15 is 0 Å². The third-order valence-corrected chi connectivity index (χ3v) is 8.75. The molecule has 1 aromatic heterocycles. The van der Waals surface area contributed by atoms with Gasteiger partial charge in [0.2, 0.25) is 5.91 Å². The molecule has 3 atom stereocenters. The van der Waals surface area contributed by atoms with Crippen molar-refractivity contribution in [3.05, 3.63) is 126 Å². The van der Waals surface area contributed by atoms with E-state index in [1.54, 1.807) is 0 Å². The number of aliphatic carboxylic acids is 1. The fourth-order valence-electron chi connectivity index (χ4n) is 6.16. The number of ether oxygens (including phenoxy) is 2. The van der Waals surface area contributed by atoms with Crippen molar-refractivity contribution in [3.63, 3.8) is 0 Å². The lowest BCUT2D eigenvalue weighted by Gasteiger charge is -2.36. The zero-order valence-corrected chi connectivity index (χ0v) is 26.8. The Kier molecular flexibility index (Phi) is 10.9. The molecule has 0 radical (unpaired) electrons. The van der Waals surface area contributed by atoms with E-state index < -0.39 is 12.3 Å². The number of aliphatic hydroxyl groups excluding tert-OH is 1. The summed E-state index contributed by atoms with van der Waals surface area (Å²) in [5.41, 5.74) is 7.82. The molecule has 1 fully saturated rings. The normalized spacial score (nSPS) is 17.7. The summed E-state index contributed by atoms with van der Waals surface area (Å²) in [6, 6.07) is 32.3. The fraction of sp³-hybridized carbons (Fsp3) is 0.308. The highest BCUT2D eigenvalue weighted by atomic mass is 16.7. The summed E-state index contributed by atoms with van der Waals surface area (Å²) in [5, 5.41) is 21.3. The first-order chi connectivity index (χ1) is 23.4. The smallest absolute Gasteiger partial charge is 0.303 e. The molecule has 6 rings (SSSR count). The Hall–Kier alpha value is -4.83. The molecule has 0 saturated carbocycles. The van der Waals surface area contributed by atoms with Crippen molar-refractivity contribution in [1.29, 1.82) is 0 Å². The number of nitrogens with zero attached hydrogens (tertiary/aromatic N) is 2. The third kappa shape index (κ3) is 8.55. The van der Waals surface area contributed by atoms with Gasteiger partial charge in [0.15, 0.2) is 6.29 Å². The number of hydrogen-bond acceptors (Lipinski definition) is 6. The summed E-state index contributed by atoms with van der Waals surface area (Å²) in [6.07, 6.45) is 4.08. The van der Waals surface area contributed by atoms with Gasteiger partial charge >= 0.3 is 5.97 Å². The zero-order chi connectivity index (χ0) is 33.3. The molecule has 1 aliphatic rings. The highest BCUT2D eigenvalue weighted by Gasteiger charge is 2.33. The first-order valence-electron chi connectivity index (χ1n) is 16.5. The first-order valence-corrected chi connectivity index (χ1v) is 16.5. The summed E-state index contributed by atoms with van der Waals surface area (Å²) >= 11 is 0. The van der Waals surface area contributed by atoms with Gasteiger partial charge in [-0.3, -0.25) is 9.59 Å². The van der Waals surface area contributed by atoms with Crippen molar-refractivity contribution in [2.75, 3.05) is 0 Å². The van der Waals surface area contributed by atoms with Gasteiger partial charge in [0.1, 0.15) is 0 Å². The van der Waals surface area contributed by atoms with Crippen molar-refractivity contribution in [2.24, 2.45) is 0 Å². The van der Waals surface area contributed by atoms with Gasteiger partial charge in [-0.05, 0) is 64.9 Å². The van der Waals surface area contributed by atoms with E-state index in [1.165, 1.54) is 0 Å². The summed E-state index contributed by atoms with van der Waals surface area (Å²) in [4.78, 5) is 27.6. The highest BCUT2D eigenvalue weighted by molar-refractivity contribution is 5.76. The monoisotopic (exact) mass is 647 g/mol. The minimum atomic E-state index is -0.804. The predicted octanol–water partition coefficient (Wildman–Crippen LogP) is 7.09. The standard InChI is InChI=1S/C39H41N3O6/c43-25-27-16-18-29(19-17-27)36-22-33(24-42-26-41-34-12-4-5-13-35(34)42)47-39(48-36)32-11-7-10-31(21-32)30-9-6-8-28(20-30)23-40-37(44)14-2-1-3-15-38(45)46/h4-13,16-21,26,33,36,39,43H,1-3,14-15,22-25H2,(H,40,44)(H,45,46)/t33-,36+,39+/m0/s1. The molecule has 4 aromatic carbocycles. The van der Waals surface area contributed by atoms with Crippen molar-refractivity contribution in [3.8, 4) is 11.1 Å². The van der Waals surface area contributed by atoms with E-state index in [9.17, 15) is 14.7 Å². The largest absolute Gasteiger partial charge is 0.481 e. The van der Waals surface area contributed by atoms with Crippen LogP contribution in [0.15, 0.2) is 103 Å². The number of carbonyl (C=O) groups excluding carboxylic acids is 1. The number of imidazole rings is 1. The van der Waals surface area contributed by atoms with Crippen LogP contribution in [0.1, 0.15) is 73.2 Å². The second kappa shape index (κ2) is 15.8. The van der Waals surface area contributed by atoms with Crippen LogP contribution in [0.4, 0.5) is 0 Å². The molecule has 0 bridgehead atoms. The van der Waals surface area contributed by atoms with Crippen LogP contribution < -0.4 is 5.32 Å². The van der Waals surface area contributed by atoms with Gasteiger partial charge in [-0.15, -0.1) is 0 Å². The van der Waals surface area contributed by atoms with E-state index in [2.05, 4.69) is 39.1 Å². The van der Waals surface area contributed by atoms with Crippen molar-refractivity contribution in [2.45, 2.75) is 76.7 Å². The minimum absolute atomic E-state index is 0.00951. The number of carbonyl (C=O) groups is 2. The summed E-state index contributed by atoms with van der Waals surface area (Å²) < 4.78 is 15.4. The number of unbranched alkanes of at least 4 members (excludes halogenated alkanes) is 2. The average molecular weight is 648 g/mol. The van der Waals surface area contributed by atoms with Crippen molar-refractivity contribution in [1.82, 2.24) is 14.9 Å². The Morgan fingerprint density at radius 3 is 2.40 bits per heavy atom. The molecular weight excluding hydrogens is 606 g/mol. The number of para-hydroxylation sites is 2. The van der Waals surface area contributed by atoms with Crippen LogP contribution in [0.5, 0.6) is 0 Å². The number of nitrogens with one attached hydrogen (secondary N) is 1. The Bertz CT molecular complexity index is 1840. The van der Waals surface area contributed by atoms with Gasteiger partial charge in [0.25, 0.3) is 0 Å². The van der Waals surface area contributed by atoms with Crippen LogP contribution in [0.3, 0.4) is 0 Å². The Morgan fingerprint density at radius 1 is 0.812 bits per heavy atom. The topological polar surface area (TPSA) is 123 Å². The Labute approximate surface area is 280 Å². The summed E-state index contributed by atoms with van der Waals surface area (Å²) in [6.45, 7) is 1.03. The van der Waals surface area contributed by atoms with Crippen LogP contribution in [-0.4, -0.2) is 37.7 Å². The minimum Gasteiger partial charge on any atom is -0.481 e. The molecule has 0 spiro atoms. The second-order valence-corrected chi connectivity index (χ2v) is 12.3. The number of aromatic nitrogens is 2. The van der Waals surface area contributed by atoms with Crippen molar-refractivity contribution >= 4 is 22.9 Å². The number of benzene rings is 4. The molecule has 0 aliphatic carbocycles. The SMILES string of the molecule is O=C(O)CCCCCC(=O)NCc1cccc(-c2cccc([C@@H]3O[C@H](Cn4cnc5ccccc54)C[C@H](c4ccc(CO)cc4)O3)c2)c1. The first kappa shape index (κ1) is 33.1. The Balaban J connectivity index is 1.16. The van der Waals surface area contributed by atoms with Gasteiger partial charge in [0.05, 0.1) is 42.7 Å². The predicted molar refractivity (Wildman–Crippen MR) is 183 cm³/mol. The maximum Gasteiger partial charge on any atom is 0.303 e.